The smallest absolute Gasteiger partial charge is 0.250 e. The molecule has 1 saturated heterocycles. The van der Waals surface area contributed by atoms with Crippen molar-refractivity contribution < 1.29 is 17.9 Å². The Morgan fingerprint density at radius 1 is 0.882 bits per heavy atom. The third-order valence-corrected chi connectivity index (χ3v) is 7.70. The Balaban J connectivity index is 1.43. The molecule has 0 saturated carbocycles. The van der Waals surface area contributed by atoms with Crippen LogP contribution in [0.5, 0.6) is 0 Å². The number of likely N-dealkylation sites (N-methyl/N-ethyl adjacent to an activating group) is 1. The summed E-state index contributed by atoms with van der Waals surface area (Å²) in [6.45, 7) is 2.10. The van der Waals surface area contributed by atoms with Gasteiger partial charge in [0.05, 0.1) is 4.90 Å². The molecule has 0 spiro atoms. The molecular formula is C26H29N3O4S. The summed E-state index contributed by atoms with van der Waals surface area (Å²) >= 11 is 0. The van der Waals surface area contributed by atoms with E-state index in [-0.39, 0.29) is 17.4 Å². The molecule has 0 radical (unpaired) electrons. The first-order chi connectivity index (χ1) is 16.4. The number of sulfonamides is 1. The largest absolute Gasteiger partial charge is 0.359 e. The zero-order valence-corrected chi connectivity index (χ0v) is 19.9. The average molecular weight is 480 g/mol. The standard InChI is InChI=1S/C26H29N3O4S/c1-28-15-17-29(18-16-28)34(31,32)24-14-8-13-23(19-24)27-25(30)20-33-26(21-9-4-2-5-10-21)22-11-6-3-7-12-22/h2-14,19,26H,15-18,20H2,1H3,(H,27,30). The van der Waals surface area contributed by atoms with Gasteiger partial charge >= 0.3 is 0 Å². The Morgan fingerprint density at radius 3 is 2.06 bits per heavy atom. The average Bonchev–Trinajstić information content (AvgIpc) is 2.86. The number of benzene rings is 3. The Labute approximate surface area is 201 Å². The van der Waals surface area contributed by atoms with E-state index in [0.29, 0.717) is 31.9 Å². The van der Waals surface area contributed by atoms with E-state index in [0.717, 1.165) is 11.1 Å². The number of nitrogens with zero attached hydrogens (tertiary/aromatic N) is 2. The summed E-state index contributed by atoms with van der Waals surface area (Å²) in [6.07, 6.45) is -0.392. The van der Waals surface area contributed by atoms with Crippen LogP contribution in [0.15, 0.2) is 89.8 Å². The van der Waals surface area contributed by atoms with Crippen molar-refractivity contribution in [1.82, 2.24) is 9.21 Å². The molecule has 1 aliphatic heterocycles. The van der Waals surface area contributed by atoms with Crippen molar-refractivity contribution in [2.75, 3.05) is 45.2 Å². The summed E-state index contributed by atoms with van der Waals surface area (Å²) in [4.78, 5) is 14.9. The first-order valence-corrected chi connectivity index (χ1v) is 12.7. The SMILES string of the molecule is CN1CCN(S(=O)(=O)c2cccc(NC(=O)COC(c3ccccc3)c3ccccc3)c2)CC1. The highest BCUT2D eigenvalue weighted by molar-refractivity contribution is 7.89. The summed E-state index contributed by atoms with van der Waals surface area (Å²) in [7, 11) is -1.64. The van der Waals surface area contributed by atoms with Crippen LogP contribution in [-0.2, 0) is 19.6 Å². The molecule has 7 nitrogen and oxygen atoms in total. The molecule has 0 unspecified atom stereocenters. The lowest BCUT2D eigenvalue weighted by atomic mass is 10.0. The van der Waals surface area contributed by atoms with Crippen molar-refractivity contribution in [2.24, 2.45) is 0 Å². The van der Waals surface area contributed by atoms with Gasteiger partial charge in [0.2, 0.25) is 15.9 Å². The van der Waals surface area contributed by atoms with Crippen LogP contribution in [0.25, 0.3) is 0 Å². The molecule has 1 aliphatic rings. The number of nitrogens with one attached hydrogen (secondary N) is 1. The molecule has 0 aliphatic carbocycles. The number of amides is 1. The van der Waals surface area contributed by atoms with Crippen LogP contribution in [-0.4, -0.2) is 63.4 Å². The summed E-state index contributed by atoms with van der Waals surface area (Å²) in [5.74, 6) is -0.356. The van der Waals surface area contributed by atoms with Crippen LogP contribution in [0.1, 0.15) is 17.2 Å². The minimum Gasteiger partial charge on any atom is -0.359 e. The van der Waals surface area contributed by atoms with E-state index in [1.165, 1.54) is 10.4 Å². The predicted octanol–water partition coefficient (Wildman–Crippen LogP) is 3.37. The van der Waals surface area contributed by atoms with Gasteiger partial charge in [0, 0.05) is 31.9 Å². The van der Waals surface area contributed by atoms with Gasteiger partial charge in [0.15, 0.2) is 0 Å². The molecule has 0 bridgehead atoms. The van der Waals surface area contributed by atoms with Crippen LogP contribution in [0.3, 0.4) is 0 Å². The Kier molecular flexibility index (Phi) is 7.74. The third-order valence-electron chi connectivity index (χ3n) is 5.80. The first kappa shape index (κ1) is 24.1. The van der Waals surface area contributed by atoms with Gasteiger partial charge in [-0.2, -0.15) is 4.31 Å². The normalized spacial score (nSPS) is 15.4. The van der Waals surface area contributed by atoms with Gasteiger partial charge < -0.3 is 15.0 Å². The van der Waals surface area contributed by atoms with Gasteiger partial charge in [-0.25, -0.2) is 8.42 Å². The zero-order chi connectivity index (χ0) is 24.0. The van der Waals surface area contributed by atoms with Crippen LogP contribution in [0.2, 0.25) is 0 Å². The van der Waals surface area contributed by atoms with Gasteiger partial charge in [-0.05, 0) is 36.4 Å². The maximum atomic E-state index is 13.0. The lowest BCUT2D eigenvalue weighted by Crippen LogP contribution is -2.47. The second-order valence-corrected chi connectivity index (χ2v) is 10.2. The molecule has 178 valence electrons. The molecule has 34 heavy (non-hydrogen) atoms. The molecule has 8 heteroatoms. The zero-order valence-electron chi connectivity index (χ0n) is 19.1. The third kappa shape index (κ3) is 5.90. The van der Waals surface area contributed by atoms with Crippen molar-refractivity contribution in [3.05, 3.63) is 96.1 Å². The van der Waals surface area contributed by atoms with E-state index in [9.17, 15) is 13.2 Å². The van der Waals surface area contributed by atoms with Gasteiger partial charge in [0.25, 0.3) is 0 Å². The van der Waals surface area contributed by atoms with Gasteiger partial charge in [-0.15, -0.1) is 0 Å². The van der Waals surface area contributed by atoms with Crippen molar-refractivity contribution in [3.8, 4) is 0 Å². The summed E-state index contributed by atoms with van der Waals surface area (Å²) in [6, 6.07) is 25.8. The number of hydrogen-bond donors (Lipinski definition) is 1. The van der Waals surface area contributed by atoms with E-state index in [1.807, 2.05) is 67.7 Å². The van der Waals surface area contributed by atoms with E-state index < -0.39 is 16.1 Å². The fraction of sp³-hybridized carbons (Fsp3) is 0.269. The second-order valence-electron chi connectivity index (χ2n) is 8.30. The van der Waals surface area contributed by atoms with Crippen LogP contribution in [0.4, 0.5) is 5.69 Å². The number of anilines is 1. The first-order valence-electron chi connectivity index (χ1n) is 11.2. The topological polar surface area (TPSA) is 79.0 Å². The maximum Gasteiger partial charge on any atom is 0.250 e. The van der Waals surface area contributed by atoms with Crippen molar-refractivity contribution in [1.29, 1.82) is 0 Å². The van der Waals surface area contributed by atoms with Crippen molar-refractivity contribution >= 4 is 21.6 Å². The van der Waals surface area contributed by atoms with Crippen LogP contribution < -0.4 is 5.32 Å². The number of carbonyl (C=O) groups excluding carboxylic acids is 1. The minimum absolute atomic E-state index is 0.169. The van der Waals surface area contributed by atoms with E-state index in [1.54, 1.807) is 18.2 Å². The fourth-order valence-corrected chi connectivity index (χ4v) is 5.38. The molecule has 3 aromatic rings. The highest BCUT2D eigenvalue weighted by atomic mass is 32.2. The molecule has 4 rings (SSSR count). The van der Waals surface area contributed by atoms with Crippen molar-refractivity contribution in [3.63, 3.8) is 0 Å². The molecule has 1 amide bonds. The Bertz CT molecular complexity index is 1160. The molecule has 1 N–H and O–H groups in total. The molecule has 0 atom stereocenters. The molecular weight excluding hydrogens is 450 g/mol. The lowest BCUT2D eigenvalue weighted by molar-refractivity contribution is -0.121. The highest BCUT2D eigenvalue weighted by Gasteiger charge is 2.27. The lowest BCUT2D eigenvalue weighted by Gasteiger charge is -2.31. The monoisotopic (exact) mass is 479 g/mol. The van der Waals surface area contributed by atoms with Crippen molar-refractivity contribution in [2.45, 2.75) is 11.0 Å². The number of ether oxygens (including phenoxy) is 1. The molecule has 0 aromatic heterocycles. The second kappa shape index (κ2) is 10.9. The molecule has 3 aromatic carbocycles. The summed E-state index contributed by atoms with van der Waals surface area (Å²) in [5, 5.41) is 2.77. The molecule has 1 fully saturated rings. The van der Waals surface area contributed by atoms with Gasteiger partial charge in [-0.3, -0.25) is 4.79 Å². The number of rotatable bonds is 8. The van der Waals surface area contributed by atoms with Gasteiger partial charge in [-0.1, -0.05) is 66.7 Å². The quantitative estimate of drug-likeness (QED) is 0.536. The number of carbonyl (C=O) groups is 1. The predicted molar refractivity (Wildman–Crippen MR) is 132 cm³/mol. The maximum absolute atomic E-state index is 13.0. The Morgan fingerprint density at radius 2 is 1.47 bits per heavy atom. The molecule has 1 heterocycles. The number of hydrogen-bond acceptors (Lipinski definition) is 5. The fourth-order valence-electron chi connectivity index (χ4n) is 3.91. The van der Waals surface area contributed by atoms with E-state index in [2.05, 4.69) is 10.2 Å². The van der Waals surface area contributed by atoms with Crippen LogP contribution >= 0.6 is 0 Å². The van der Waals surface area contributed by atoms with Gasteiger partial charge in [0.1, 0.15) is 12.7 Å². The van der Waals surface area contributed by atoms with E-state index >= 15 is 0 Å². The minimum atomic E-state index is -3.62. The highest BCUT2D eigenvalue weighted by Crippen LogP contribution is 2.26. The summed E-state index contributed by atoms with van der Waals surface area (Å²) < 4.78 is 33.6. The Hall–Kier alpha value is -3.04. The van der Waals surface area contributed by atoms with Crippen LogP contribution in [0, 0.1) is 0 Å². The number of piperazine rings is 1. The van der Waals surface area contributed by atoms with E-state index in [4.69, 9.17) is 4.74 Å². The summed E-state index contributed by atoms with van der Waals surface area (Å²) in [5.41, 5.74) is 2.31.